The molecule has 120 valence electrons. The minimum atomic E-state index is -3.57. The van der Waals surface area contributed by atoms with E-state index in [1.807, 2.05) is 7.05 Å². The monoisotopic (exact) mass is 332 g/mol. The number of hydrogen-bond donors (Lipinski definition) is 1. The van der Waals surface area contributed by atoms with Crippen LogP contribution in [0.25, 0.3) is 0 Å². The molecular formula is C14H16N6O2S. The fourth-order valence-corrected chi connectivity index (χ4v) is 3.57. The third-order valence-corrected chi connectivity index (χ3v) is 5.34. The predicted molar refractivity (Wildman–Crippen MR) is 85.0 cm³/mol. The molecule has 1 aliphatic heterocycles. The highest BCUT2D eigenvalue weighted by molar-refractivity contribution is 7.89. The Balaban J connectivity index is 2.21. The molecule has 1 N–H and O–H groups in total. The molecule has 1 saturated heterocycles. The summed E-state index contributed by atoms with van der Waals surface area (Å²) in [7, 11) is -1.62. The van der Waals surface area contributed by atoms with Gasteiger partial charge in [0.05, 0.1) is 10.6 Å². The van der Waals surface area contributed by atoms with Crippen molar-refractivity contribution in [2.75, 3.05) is 38.7 Å². The fraction of sp³-hybridized carbons (Fsp3) is 0.357. The molecule has 1 fully saturated rings. The van der Waals surface area contributed by atoms with Gasteiger partial charge in [0, 0.05) is 26.2 Å². The van der Waals surface area contributed by atoms with E-state index in [1.165, 1.54) is 16.4 Å². The molecule has 0 radical (unpaired) electrons. The van der Waals surface area contributed by atoms with Crippen molar-refractivity contribution < 1.29 is 8.42 Å². The lowest BCUT2D eigenvalue weighted by molar-refractivity contribution is 0.222. The van der Waals surface area contributed by atoms with E-state index >= 15 is 0 Å². The Morgan fingerprint density at radius 1 is 1.22 bits per heavy atom. The first-order chi connectivity index (χ1) is 11.0. The van der Waals surface area contributed by atoms with Gasteiger partial charge in [-0.1, -0.05) is 6.07 Å². The van der Waals surface area contributed by atoms with E-state index in [0.29, 0.717) is 31.9 Å². The summed E-state index contributed by atoms with van der Waals surface area (Å²) in [5, 5.41) is 20.9. The van der Waals surface area contributed by atoms with Gasteiger partial charge in [0.25, 0.3) is 0 Å². The molecule has 2 rings (SSSR count). The molecule has 0 aromatic heterocycles. The third kappa shape index (κ3) is 4.05. The first kappa shape index (κ1) is 16.9. The Morgan fingerprint density at radius 3 is 2.48 bits per heavy atom. The van der Waals surface area contributed by atoms with Gasteiger partial charge < -0.3 is 4.90 Å². The van der Waals surface area contributed by atoms with Crippen LogP contribution in [0.2, 0.25) is 0 Å². The van der Waals surface area contributed by atoms with Crippen molar-refractivity contribution in [2.24, 2.45) is 5.10 Å². The first-order valence-electron chi connectivity index (χ1n) is 6.90. The minimum absolute atomic E-state index is 0.151. The van der Waals surface area contributed by atoms with Gasteiger partial charge in [-0.25, -0.2) is 8.42 Å². The van der Waals surface area contributed by atoms with Crippen molar-refractivity contribution in [2.45, 2.75) is 4.90 Å². The Kier molecular flexibility index (Phi) is 5.29. The molecule has 23 heavy (non-hydrogen) atoms. The molecule has 1 heterocycles. The lowest BCUT2D eigenvalue weighted by atomic mass is 10.3. The van der Waals surface area contributed by atoms with E-state index in [9.17, 15) is 8.42 Å². The first-order valence-corrected chi connectivity index (χ1v) is 8.34. The number of sulfonamides is 1. The van der Waals surface area contributed by atoms with Crippen LogP contribution in [0, 0.1) is 22.7 Å². The fourth-order valence-electron chi connectivity index (χ4n) is 2.10. The van der Waals surface area contributed by atoms with Crippen LogP contribution < -0.4 is 5.43 Å². The van der Waals surface area contributed by atoms with Crippen molar-refractivity contribution in [1.82, 2.24) is 9.21 Å². The van der Waals surface area contributed by atoms with Crippen LogP contribution in [0.3, 0.4) is 0 Å². The van der Waals surface area contributed by atoms with Gasteiger partial charge in [0.2, 0.25) is 15.7 Å². The van der Waals surface area contributed by atoms with Crippen molar-refractivity contribution in [3.8, 4) is 12.1 Å². The van der Waals surface area contributed by atoms with Gasteiger partial charge in [0.1, 0.15) is 12.1 Å². The van der Waals surface area contributed by atoms with Crippen molar-refractivity contribution in [1.29, 1.82) is 10.5 Å². The van der Waals surface area contributed by atoms with Crippen LogP contribution in [0.15, 0.2) is 34.3 Å². The van der Waals surface area contributed by atoms with Gasteiger partial charge in [-0.2, -0.15) is 19.9 Å². The summed E-state index contributed by atoms with van der Waals surface area (Å²) in [6.45, 7) is 2.27. The second-order valence-corrected chi connectivity index (χ2v) is 6.97. The van der Waals surface area contributed by atoms with Crippen LogP contribution in [0.1, 0.15) is 0 Å². The number of anilines is 1. The van der Waals surface area contributed by atoms with Gasteiger partial charge in [-0.05, 0) is 25.2 Å². The molecule has 1 aromatic rings. The second-order valence-electron chi connectivity index (χ2n) is 5.03. The number of hydrazone groups is 1. The molecule has 0 unspecified atom stereocenters. The number of rotatable bonds is 4. The molecule has 8 nitrogen and oxygen atoms in total. The number of likely N-dealkylation sites (N-methyl/N-ethyl adjacent to an activating group) is 1. The molecule has 0 amide bonds. The third-order valence-electron chi connectivity index (χ3n) is 3.44. The maximum Gasteiger partial charge on any atom is 0.243 e. The number of hydrogen-bond acceptors (Lipinski definition) is 7. The van der Waals surface area contributed by atoms with Crippen LogP contribution in [-0.2, 0) is 10.0 Å². The number of nitriles is 2. The molecule has 0 spiro atoms. The normalized spacial score (nSPS) is 16.1. The molecule has 0 atom stereocenters. The van der Waals surface area contributed by atoms with Gasteiger partial charge in [-0.15, -0.1) is 0 Å². The number of benzene rings is 1. The molecular weight excluding hydrogens is 316 g/mol. The molecule has 9 heteroatoms. The average molecular weight is 332 g/mol. The largest absolute Gasteiger partial charge is 0.304 e. The predicted octanol–water partition coefficient (Wildman–Crippen LogP) is 0.438. The zero-order valence-corrected chi connectivity index (χ0v) is 13.4. The summed E-state index contributed by atoms with van der Waals surface area (Å²) in [6.07, 6.45) is 0. The highest BCUT2D eigenvalue weighted by Gasteiger charge is 2.27. The summed E-state index contributed by atoms with van der Waals surface area (Å²) in [4.78, 5) is 2.22. The summed E-state index contributed by atoms with van der Waals surface area (Å²) in [5.41, 5.74) is 2.58. The summed E-state index contributed by atoms with van der Waals surface area (Å²) < 4.78 is 26.7. The Morgan fingerprint density at radius 2 is 1.87 bits per heavy atom. The number of nitrogens with one attached hydrogen (secondary N) is 1. The molecule has 0 aliphatic carbocycles. The van der Waals surface area contributed by atoms with Gasteiger partial charge in [-0.3, -0.25) is 5.43 Å². The van der Waals surface area contributed by atoms with E-state index in [2.05, 4.69) is 15.4 Å². The number of nitrogens with zero attached hydrogens (tertiary/aromatic N) is 5. The van der Waals surface area contributed by atoms with E-state index in [1.54, 1.807) is 24.3 Å². The van der Waals surface area contributed by atoms with Gasteiger partial charge in [0.15, 0.2) is 0 Å². The Bertz CT molecular complexity index is 766. The van der Waals surface area contributed by atoms with Crippen molar-refractivity contribution in [3.63, 3.8) is 0 Å². The summed E-state index contributed by atoms with van der Waals surface area (Å²) in [5.74, 6) is 0. The average Bonchev–Trinajstić information content (AvgIpc) is 2.56. The molecule has 0 saturated carbocycles. The van der Waals surface area contributed by atoms with Crippen molar-refractivity contribution in [3.05, 3.63) is 24.3 Å². The highest BCUT2D eigenvalue weighted by Crippen LogP contribution is 2.20. The topological polar surface area (TPSA) is 113 Å². The lowest BCUT2D eigenvalue weighted by Crippen LogP contribution is -2.47. The van der Waals surface area contributed by atoms with E-state index in [0.717, 1.165) is 0 Å². The standard InChI is InChI=1S/C14H16N6O2S/c1-19-5-7-20(8-6-19)23(21,22)14-4-2-3-12(9-14)17-18-13(10-15)11-16/h2-4,9,17H,5-8H2,1H3. The lowest BCUT2D eigenvalue weighted by Gasteiger charge is -2.31. The highest BCUT2D eigenvalue weighted by atomic mass is 32.2. The molecule has 1 aromatic carbocycles. The van der Waals surface area contributed by atoms with E-state index in [4.69, 9.17) is 10.5 Å². The summed E-state index contributed by atoms with van der Waals surface area (Å²) in [6, 6.07) is 9.37. The molecule has 1 aliphatic rings. The summed E-state index contributed by atoms with van der Waals surface area (Å²) >= 11 is 0. The van der Waals surface area contributed by atoms with Crippen LogP contribution >= 0.6 is 0 Å². The minimum Gasteiger partial charge on any atom is -0.304 e. The number of piperazine rings is 1. The second kappa shape index (κ2) is 7.20. The zero-order chi connectivity index (χ0) is 16.9. The van der Waals surface area contributed by atoms with Crippen LogP contribution in [0.4, 0.5) is 5.69 Å². The van der Waals surface area contributed by atoms with E-state index < -0.39 is 10.0 Å². The zero-order valence-electron chi connectivity index (χ0n) is 12.6. The van der Waals surface area contributed by atoms with Crippen LogP contribution in [0.5, 0.6) is 0 Å². The Labute approximate surface area is 135 Å². The maximum absolute atomic E-state index is 12.6. The maximum atomic E-state index is 12.6. The van der Waals surface area contributed by atoms with E-state index in [-0.39, 0.29) is 10.6 Å². The van der Waals surface area contributed by atoms with Crippen LogP contribution in [-0.4, -0.2) is 56.6 Å². The smallest absolute Gasteiger partial charge is 0.243 e. The molecule has 0 bridgehead atoms. The van der Waals surface area contributed by atoms with Crippen molar-refractivity contribution >= 4 is 21.4 Å². The SMILES string of the molecule is CN1CCN(S(=O)(=O)c2cccc(NN=C(C#N)C#N)c2)CC1. The Hall–Kier alpha value is -2.46. The quantitative estimate of drug-likeness (QED) is 0.632. The van der Waals surface area contributed by atoms with Gasteiger partial charge >= 0.3 is 0 Å².